The molecule has 3 rings (SSSR count). The van der Waals surface area contributed by atoms with Crippen molar-refractivity contribution >= 4 is 23.8 Å². The first-order valence-electron chi connectivity index (χ1n) is 8.77. The Labute approximate surface area is 157 Å². The summed E-state index contributed by atoms with van der Waals surface area (Å²) in [5, 5.41) is 10.2. The number of anilines is 1. The third-order valence-electron chi connectivity index (χ3n) is 4.50. The zero-order valence-electron chi connectivity index (χ0n) is 15.3. The minimum absolute atomic E-state index is 0.0313. The Hall–Kier alpha value is -3.16. The highest BCUT2D eigenvalue weighted by Crippen LogP contribution is 2.21. The summed E-state index contributed by atoms with van der Waals surface area (Å²) >= 11 is 0. The normalized spacial score (nSPS) is 15.1. The van der Waals surface area contributed by atoms with Crippen molar-refractivity contribution < 1.29 is 18.9 Å². The Morgan fingerprint density at radius 3 is 2.59 bits per heavy atom. The molecule has 27 heavy (non-hydrogen) atoms. The summed E-state index contributed by atoms with van der Waals surface area (Å²) in [5.41, 5.74) is 1.47. The van der Waals surface area contributed by atoms with E-state index in [2.05, 4.69) is 20.5 Å². The van der Waals surface area contributed by atoms with Crippen LogP contribution < -0.4 is 5.32 Å². The quantitative estimate of drug-likeness (QED) is 0.644. The molecule has 2 aromatic rings. The van der Waals surface area contributed by atoms with Crippen molar-refractivity contribution in [2.24, 2.45) is 11.1 Å². The van der Waals surface area contributed by atoms with Gasteiger partial charge in [-0.25, -0.2) is 0 Å². The summed E-state index contributed by atoms with van der Waals surface area (Å²) in [7, 11) is 1.48. The smallest absolute Gasteiger partial charge is 0.253 e. The lowest BCUT2D eigenvalue weighted by Gasteiger charge is -2.31. The highest BCUT2D eigenvalue weighted by molar-refractivity contribution is 5.95. The molecule has 0 atom stereocenters. The minimum Gasteiger partial charge on any atom is -0.399 e. The Kier molecular flexibility index (Phi) is 5.85. The first kappa shape index (κ1) is 18.6. The molecule has 1 aromatic heterocycles. The molecule has 1 aromatic carbocycles. The largest absolute Gasteiger partial charge is 0.399 e. The summed E-state index contributed by atoms with van der Waals surface area (Å²) in [6.45, 7) is 2.85. The van der Waals surface area contributed by atoms with Gasteiger partial charge in [0, 0.05) is 30.6 Å². The number of rotatable bonds is 5. The van der Waals surface area contributed by atoms with Gasteiger partial charge in [0.05, 0.1) is 6.21 Å². The van der Waals surface area contributed by atoms with E-state index < -0.39 is 0 Å². The first-order chi connectivity index (χ1) is 13.1. The lowest BCUT2D eigenvalue weighted by atomic mass is 9.95. The lowest BCUT2D eigenvalue weighted by molar-refractivity contribution is -0.121. The fraction of sp³-hybridized carbons (Fsp3) is 0.368. The van der Waals surface area contributed by atoms with Crippen molar-refractivity contribution in [3.8, 4) is 0 Å². The Morgan fingerprint density at radius 2 is 2.00 bits per heavy atom. The van der Waals surface area contributed by atoms with Gasteiger partial charge in [0.2, 0.25) is 5.91 Å². The molecule has 1 fully saturated rings. The fourth-order valence-electron chi connectivity index (χ4n) is 3.01. The Morgan fingerprint density at radius 1 is 1.30 bits per heavy atom. The summed E-state index contributed by atoms with van der Waals surface area (Å²) in [5.74, 6) is 0.811. The van der Waals surface area contributed by atoms with Gasteiger partial charge in [-0.2, -0.15) is 0 Å². The van der Waals surface area contributed by atoms with Crippen molar-refractivity contribution in [2.45, 2.75) is 19.8 Å². The van der Waals surface area contributed by atoms with Gasteiger partial charge in [0.1, 0.15) is 12.9 Å². The van der Waals surface area contributed by atoms with Crippen LogP contribution in [0.4, 0.5) is 5.82 Å². The van der Waals surface area contributed by atoms with Gasteiger partial charge < -0.3 is 19.6 Å². The van der Waals surface area contributed by atoms with Gasteiger partial charge in [-0.1, -0.05) is 22.4 Å². The molecule has 1 aliphatic rings. The molecule has 1 aliphatic heterocycles. The number of piperidine rings is 1. The van der Waals surface area contributed by atoms with E-state index in [9.17, 15) is 9.59 Å². The average molecular weight is 370 g/mol. The van der Waals surface area contributed by atoms with Crippen LogP contribution in [0.5, 0.6) is 0 Å². The molecule has 8 nitrogen and oxygen atoms in total. The molecule has 0 saturated carbocycles. The molecular formula is C19H22N4O4. The number of aromatic nitrogens is 1. The van der Waals surface area contributed by atoms with Gasteiger partial charge in [0.15, 0.2) is 5.82 Å². The maximum atomic E-state index is 12.6. The van der Waals surface area contributed by atoms with Crippen molar-refractivity contribution in [2.75, 3.05) is 25.5 Å². The van der Waals surface area contributed by atoms with E-state index in [0.717, 1.165) is 5.56 Å². The second kappa shape index (κ2) is 8.48. The van der Waals surface area contributed by atoms with Gasteiger partial charge >= 0.3 is 0 Å². The number of nitrogens with zero attached hydrogens (tertiary/aromatic N) is 3. The number of amides is 2. The van der Waals surface area contributed by atoms with E-state index in [1.165, 1.54) is 7.11 Å². The molecule has 8 heteroatoms. The third kappa shape index (κ3) is 4.72. The van der Waals surface area contributed by atoms with Crippen LogP contribution in [0, 0.1) is 12.8 Å². The summed E-state index contributed by atoms with van der Waals surface area (Å²) in [4.78, 5) is 31.4. The molecule has 0 aliphatic carbocycles. The van der Waals surface area contributed by atoms with E-state index in [-0.39, 0.29) is 17.7 Å². The topological polar surface area (TPSA) is 97.0 Å². The number of carbonyl (C=O) groups excluding carboxylic acids is 2. The van der Waals surface area contributed by atoms with Crippen LogP contribution in [-0.4, -0.2) is 48.3 Å². The fourth-order valence-corrected chi connectivity index (χ4v) is 3.01. The van der Waals surface area contributed by atoms with Crippen molar-refractivity contribution in [3.05, 3.63) is 47.2 Å². The van der Waals surface area contributed by atoms with Crippen molar-refractivity contribution in [3.63, 3.8) is 0 Å². The van der Waals surface area contributed by atoms with E-state index in [1.54, 1.807) is 36.2 Å². The van der Waals surface area contributed by atoms with Crippen LogP contribution in [0.15, 0.2) is 40.0 Å². The average Bonchev–Trinajstić information content (AvgIpc) is 3.11. The standard InChI is InChI=1S/C19H22N4O4/c1-13-11-17(22-27-13)21-18(24)15-7-9-23(10-8-15)19(25)16-5-3-14(4-6-16)12-20-26-2/h3-6,11-12,15H,7-10H2,1-2H3,(H,21,22,24)/b20-12+. The van der Waals surface area contributed by atoms with Crippen LogP contribution in [0.25, 0.3) is 0 Å². The van der Waals surface area contributed by atoms with Crippen LogP contribution in [0.3, 0.4) is 0 Å². The third-order valence-corrected chi connectivity index (χ3v) is 4.50. The first-order valence-corrected chi connectivity index (χ1v) is 8.77. The molecule has 0 bridgehead atoms. The number of benzene rings is 1. The van der Waals surface area contributed by atoms with E-state index >= 15 is 0 Å². The van der Waals surface area contributed by atoms with Crippen LogP contribution >= 0.6 is 0 Å². The van der Waals surface area contributed by atoms with Crippen molar-refractivity contribution in [1.82, 2.24) is 10.1 Å². The number of aryl methyl sites for hydroxylation is 1. The van der Waals surface area contributed by atoms with Gasteiger partial charge in [-0.15, -0.1) is 0 Å². The van der Waals surface area contributed by atoms with Crippen molar-refractivity contribution in [1.29, 1.82) is 0 Å². The van der Waals surface area contributed by atoms with E-state index in [1.807, 2.05) is 12.1 Å². The molecule has 0 spiro atoms. The molecular weight excluding hydrogens is 348 g/mol. The highest BCUT2D eigenvalue weighted by Gasteiger charge is 2.28. The molecule has 1 saturated heterocycles. The number of hydrogen-bond acceptors (Lipinski definition) is 6. The highest BCUT2D eigenvalue weighted by atomic mass is 16.6. The molecule has 0 radical (unpaired) electrons. The number of oxime groups is 1. The number of nitrogens with one attached hydrogen (secondary N) is 1. The predicted molar refractivity (Wildman–Crippen MR) is 99.5 cm³/mol. The van der Waals surface area contributed by atoms with Gasteiger partial charge in [0.25, 0.3) is 5.91 Å². The van der Waals surface area contributed by atoms with E-state index in [4.69, 9.17) is 4.52 Å². The SMILES string of the molecule is CO/N=C/c1ccc(C(=O)N2CCC(C(=O)Nc3cc(C)on3)CC2)cc1. The minimum atomic E-state index is -0.140. The van der Waals surface area contributed by atoms with Gasteiger partial charge in [-0.3, -0.25) is 9.59 Å². The summed E-state index contributed by atoms with van der Waals surface area (Å²) < 4.78 is 4.95. The Bertz CT molecular complexity index is 820. The maximum absolute atomic E-state index is 12.6. The second-order valence-electron chi connectivity index (χ2n) is 6.42. The van der Waals surface area contributed by atoms with Crippen LogP contribution in [-0.2, 0) is 9.63 Å². The van der Waals surface area contributed by atoms with Crippen LogP contribution in [0.2, 0.25) is 0 Å². The molecule has 1 N–H and O–H groups in total. The number of likely N-dealkylation sites (tertiary alicyclic amines) is 1. The maximum Gasteiger partial charge on any atom is 0.253 e. The molecule has 142 valence electrons. The Balaban J connectivity index is 1.52. The summed E-state index contributed by atoms with van der Waals surface area (Å²) in [6.07, 6.45) is 2.81. The molecule has 0 unspecified atom stereocenters. The number of hydrogen-bond donors (Lipinski definition) is 1. The van der Waals surface area contributed by atoms with E-state index in [0.29, 0.717) is 43.1 Å². The number of carbonyl (C=O) groups is 2. The predicted octanol–water partition coefficient (Wildman–Crippen LogP) is 2.45. The van der Waals surface area contributed by atoms with Gasteiger partial charge in [-0.05, 0) is 37.5 Å². The van der Waals surface area contributed by atoms with Crippen LogP contribution in [0.1, 0.15) is 34.5 Å². The molecule has 2 amide bonds. The zero-order chi connectivity index (χ0) is 19.2. The molecule has 2 heterocycles. The second-order valence-corrected chi connectivity index (χ2v) is 6.42. The lowest BCUT2D eigenvalue weighted by Crippen LogP contribution is -2.41. The monoisotopic (exact) mass is 370 g/mol. The zero-order valence-corrected chi connectivity index (χ0v) is 15.3. The summed E-state index contributed by atoms with van der Waals surface area (Å²) in [6, 6.07) is 8.85.